The summed E-state index contributed by atoms with van der Waals surface area (Å²) >= 11 is 0. The third kappa shape index (κ3) is 2.57. The van der Waals surface area contributed by atoms with Crippen molar-refractivity contribution >= 4 is 10.9 Å². The molecule has 2 rings (SSSR count). The maximum atomic E-state index is 9.31. The number of aryl methyl sites for hydroxylation is 1. The van der Waals surface area contributed by atoms with Gasteiger partial charge in [-0.05, 0) is 38.0 Å². The molecule has 0 spiro atoms. The fourth-order valence-corrected chi connectivity index (χ4v) is 2.11. The Balaban J connectivity index is 2.25. The van der Waals surface area contributed by atoms with Gasteiger partial charge in [0.2, 0.25) is 0 Å². The van der Waals surface area contributed by atoms with Gasteiger partial charge in [0.25, 0.3) is 0 Å². The van der Waals surface area contributed by atoms with Crippen molar-refractivity contribution in [3.05, 3.63) is 36.0 Å². The Morgan fingerprint density at radius 3 is 2.72 bits per heavy atom. The quantitative estimate of drug-likeness (QED) is 0.881. The van der Waals surface area contributed by atoms with Crippen molar-refractivity contribution in [1.29, 1.82) is 0 Å². The number of rotatable bonds is 5. The molecule has 1 aromatic carbocycles. The number of benzene rings is 1. The average molecular weight is 247 g/mol. The Bertz CT molecular complexity index is 528. The van der Waals surface area contributed by atoms with Crippen LogP contribution in [0.15, 0.2) is 30.5 Å². The molecule has 0 fully saturated rings. The van der Waals surface area contributed by atoms with Crippen LogP contribution < -0.4 is 0 Å². The van der Waals surface area contributed by atoms with E-state index in [1.165, 1.54) is 5.52 Å². The van der Waals surface area contributed by atoms with Crippen LogP contribution in [0.4, 0.5) is 0 Å². The van der Waals surface area contributed by atoms with Crippen molar-refractivity contribution in [2.24, 2.45) is 0 Å². The van der Waals surface area contributed by atoms with E-state index in [0.29, 0.717) is 0 Å². The molecule has 1 N–H and O–H groups in total. The summed E-state index contributed by atoms with van der Waals surface area (Å²) in [5.41, 5.74) is 2.05. The highest BCUT2D eigenvalue weighted by Gasteiger charge is 2.16. The van der Waals surface area contributed by atoms with Crippen LogP contribution in [0.1, 0.15) is 25.8 Å². The van der Waals surface area contributed by atoms with Crippen LogP contribution in [0.25, 0.3) is 10.9 Å². The van der Waals surface area contributed by atoms with E-state index in [-0.39, 0.29) is 12.2 Å². The second-order valence-electron chi connectivity index (χ2n) is 5.23. The summed E-state index contributed by atoms with van der Waals surface area (Å²) in [7, 11) is 1.75. The van der Waals surface area contributed by atoms with Crippen LogP contribution in [0.3, 0.4) is 0 Å². The van der Waals surface area contributed by atoms with Crippen LogP contribution in [-0.4, -0.2) is 22.4 Å². The molecule has 0 saturated carbocycles. The van der Waals surface area contributed by atoms with Crippen molar-refractivity contribution in [3.8, 4) is 0 Å². The monoisotopic (exact) mass is 247 g/mol. The lowest BCUT2D eigenvalue weighted by Gasteiger charge is -2.23. The van der Waals surface area contributed by atoms with Gasteiger partial charge in [0.05, 0.1) is 12.2 Å². The highest BCUT2D eigenvalue weighted by atomic mass is 16.5. The molecule has 0 aliphatic rings. The molecular formula is C15H21NO2. The van der Waals surface area contributed by atoms with Crippen LogP contribution in [0.5, 0.6) is 0 Å². The number of aromatic nitrogens is 1. The molecule has 3 heteroatoms. The van der Waals surface area contributed by atoms with Gasteiger partial charge in [0.1, 0.15) is 0 Å². The summed E-state index contributed by atoms with van der Waals surface area (Å²) < 4.78 is 7.66. The largest absolute Gasteiger partial charge is 0.392 e. The standard InChI is InChI=1S/C15H21NO2/c1-15(2,18-3)8-10-16-9-7-13-12(11-17)5-4-6-14(13)16/h4-7,9,17H,8,10-11H2,1-3H3. The van der Waals surface area contributed by atoms with Gasteiger partial charge in [-0.1, -0.05) is 12.1 Å². The van der Waals surface area contributed by atoms with Gasteiger partial charge >= 0.3 is 0 Å². The molecule has 0 radical (unpaired) electrons. The van der Waals surface area contributed by atoms with Crippen molar-refractivity contribution in [1.82, 2.24) is 4.57 Å². The molecule has 0 aliphatic carbocycles. The SMILES string of the molecule is COC(C)(C)CCn1ccc2c(CO)cccc21. The summed E-state index contributed by atoms with van der Waals surface area (Å²) in [6, 6.07) is 8.12. The minimum atomic E-state index is -0.106. The first-order valence-corrected chi connectivity index (χ1v) is 6.30. The van der Waals surface area contributed by atoms with Gasteiger partial charge in [-0.2, -0.15) is 0 Å². The van der Waals surface area contributed by atoms with E-state index >= 15 is 0 Å². The molecule has 0 atom stereocenters. The first-order valence-electron chi connectivity index (χ1n) is 6.30. The van der Waals surface area contributed by atoms with Crippen LogP contribution in [0, 0.1) is 0 Å². The summed E-state index contributed by atoms with van der Waals surface area (Å²) in [6.45, 7) is 5.19. The molecule has 0 aliphatic heterocycles. The zero-order valence-electron chi connectivity index (χ0n) is 11.3. The minimum Gasteiger partial charge on any atom is -0.392 e. The lowest BCUT2D eigenvalue weighted by molar-refractivity contribution is 0.0123. The molecular weight excluding hydrogens is 226 g/mol. The van der Waals surface area contributed by atoms with E-state index in [1.807, 2.05) is 12.1 Å². The van der Waals surface area contributed by atoms with E-state index in [9.17, 15) is 5.11 Å². The summed E-state index contributed by atoms with van der Waals surface area (Å²) in [5, 5.41) is 10.4. The Kier molecular flexibility index (Phi) is 3.73. The topological polar surface area (TPSA) is 34.4 Å². The van der Waals surface area contributed by atoms with Gasteiger partial charge < -0.3 is 14.4 Å². The number of nitrogens with zero attached hydrogens (tertiary/aromatic N) is 1. The van der Waals surface area contributed by atoms with E-state index in [0.717, 1.165) is 23.9 Å². The number of hydrogen-bond donors (Lipinski definition) is 1. The molecule has 0 amide bonds. The molecule has 2 aromatic rings. The molecule has 0 saturated heterocycles. The van der Waals surface area contributed by atoms with E-state index in [4.69, 9.17) is 4.74 Å². The van der Waals surface area contributed by atoms with Gasteiger partial charge in [0, 0.05) is 30.8 Å². The zero-order chi connectivity index (χ0) is 13.2. The number of methoxy groups -OCH3 is 1. The van der Waals surface area contributed by atoms with Gasteiger partial charge in [-0.15, -0.1) is 0 Å². The fraction of sp³-hybridized carbons (Fsp3) is 0.467. The van der Waals surface area contributed by atoms with Gasteiger partial charge in [-0.3, -0.25) is 0 Å². The van der Waals surface area contributed by atoms with Gasteiger partial charge in [-0.25, -0.2) is 0 Å². The van der Waals surface area contributed by atoms with E-state index in [1.54, 1.807) is 7.11 Å². The Morgan fingerprint density at radius 1 is 1.28 bits per heavy atom. The van der Waals surface area contributed by atoms with Crippen molar-refractivity contribution in [2.45, 2.75) is 39.0 Å². The predicted octanol–water partition coefficient (Wildman–Crippen LogP) is 2.95. The summed E-state index contributed by atoms with van der Waals surface area (Å²) in [5.74, 6) is 0. The number of hydrogen-bond acceptors (Lipinski definition) is 2. The van der Waals surface area contributed by atoms with Crippen molar-refractivity contribution in [3.63, 3.8) is 0 Å². The summed E-state index contributed by atoms with van der Waals surface area (Å²) in [4.78, 5) is 0. The van der Waals surface area contributed by atoms with Crippen LogP contribution in [0.2, 0.25) is 0 Å². The van der Waals surface area contributed by atoms with Crippen molar-refractivity contribution < 1.29 is 9.84 Å². The Labute approximate surface area is 108 Å². The Hall–Kier alpha value is -1.32. The zero-order valence-corrected chi connectivity index (χ0v) is 11.3. The fourth-order valence-electron chi connectivity index (χ4n) is 2.11. The highest BCUT2D eigenvalue weighted by molar-refractivity contribution is 5.83. The maximum Gasteiger partial charge on any atom is 0.0688 e. The van der Waals surface area contributed by atoms with Crippen LogP contribution >= 0.6 is 0 Å². The first-order chi connectivity index (χ1) is 8.57. The first kappa shape index (κ1) is 13.1. The molecule has 3 nitrogen and oxygen atoms in total. The molecule has 0 unspecified atom stereocenters. The maximum absolute atomic E-state index is 9.31. The normalized spacial score (nSPS) is 12.2. The third-order valence-corrected chi connectivity index (χ3v) is 3.58. The van der Waals surface area contributed by atoms with E-state index in [2.05, 4.69) is 36.7 Å². The van der Waals surface area contributed by atoms with Gasteiger partial charge in [0.15, 0.2) is 0 Å². The Morgan fingerprint density at radius 2 is 2.06 bits per heavy atom. The lowest BCUT2D eigenvalue weighted by atomic mass is 10.1. The second-order valence-corrected chi connectivity index (χ2v) is 5.23. The molecule has 0 bridgehead atoms. The second kappa shape index (κ2) is 5.12. The number of aliphatic hydroxyl groups is 1. The number of aliphatic hydroxyl groups excluding tert-OH is 1. The molecule has 18 heavy (non-hydrogen) atoms. The third-order valence-electron chi connectivity index (χ3n) is 3.58. The highest BCUT2D eigenvalue weighted by Crippen LogP contribution is 2.22. The number of fused-ring (bicyclic) bond motifs is 1. The van der Waals surface area contributed by atoms with E-state index < -0.39 is 0 Å². The van der Waals surface area contributed by atoms with Crippen LogP contribution in [-0.2, 0) is 17.9 Å². The molecule has 1 heterocycles. The smallest absolute Gasteiger partial charge is 0.0688 e. The number of ether oxygens (including phenoxy) is 1. The predicted molar refractivity (Wildman–Crippen MR) is 73.6 cm³/mol. The minimum absolute atomic E-state index is 0.0882. The lowest BCUT2D eigenvalue weighted by Crippen LogP contribution is -2.24. The van der Waals surface area contributed by atoms with Crippen molar-refractivity contribution in [2.75, 3.05) is 7.11 Å². The molecule has 1 aromatic heterocycles. The average Bonchev–Trinajstić information content (AvgIpc) is 2.79. The molecule has 98 valence electrons. The summed E-state index contributed by atoms with van der Waals surface area (Å²) in [6.07, 6.45) is 3.03.